The lowest BCUT2D eigenvalue weighted by molar-refractivity contribution is 0.0986. The Hall–Kier alpha value is -3.66. The number of aromatic nitrogens is 4. The molecule has 2 aromatic heterocycles. The summed E-state index contributed by atoms with van der Waals surface area (Å²) in [6, 6.07) is 14.5. The number of hydrogen-bond donors (Lipinski definition) is 0. The summed E-state index contributed by atoms with van der Waals surface area (Å²) in [6.07, 6.45) is 0. The van der Waals surface area contributed by atoms with Crippen LogP contribution in [-0.2, 0) is 0 Å². The number of hydrogen-bond acceptors (Lipinski definition) is 10. The fourth-order valence-corrected chi connectivity index (χ4v) is 3.19. The van der Waals surface area contributed by atoms with Gasteiger partial charge in [-0.05, 0) is 30.3 Å². The highest BCUT2D eigenvalue weighted by atomic mass is 32.2. The van der Waals surface area contributed by atoms with Gasteiger partial charge in [0.05, 0.1) is 20.0 Å². The summed E-state index contributed by atoms with van der Waals surface area (Å²) >= 11 is 1.09. The van der Waals surface area contributed by atoms with Crippen molar-refractivity contribution >= 4 is 17.5 Å². The van der Waals surface area contributed by atoms with Gasteiger partial charge >= 0.3 is 0 Å². The number of methoxy groups -OCH3 is 2. The standard InChI is InChI=1S/C20H16N4O5S/c1-26-15-9-8-13(10-16(15)27-2)18-22-24-20(29-18)30-11-14(25)19-23-21-17(28-19)12-6-4-3-5-7-12/h3-10H,11H2,1-2H3. The lowest BCUT2D eigenvalue weighted by atomic mass is 10.2. The van der Waals surface area contributed by atoms with E-state index in [0.717, 1.165) is 17.3 Å². The molecular formula is C20H16N4O5S. The number of carbonyl (C=O) groups is 1. The Labute approximate surface area is 175 Å². The molecule has 0 aliphatic carbocycles. The minimum Gasteiger partial charge on any atom is -0.493 e. The van der Waals surface area contributed by atoms with Crippen LogP contribution in [0.5, 0.6) is 11.5 Å². The molecule has 0 bridgehead atoms. The number of nitrogens with zero attached hydrogens (tertiary/aromatic N) is 4. The number of carbonyl (C=O) groups excluding carboxylic acids is 1. The van der Waals surface area contributed by atoms with Crippen LogP contribution >= 0.6 is 11.8 Å². The molecule has 0 fully saturated rings. The molecule has 0 unspecified atom stereocenters. The van der Waals surface area contributed by atoms with Gasteiger partial charge < -0.3 is 18.3 Å². The summed E-state index contributed by atoms with van der Waals surface area (Å²) < 4.78 is 21.6. The number of ketones is 1. The topological polar surface area (TPSA) is 113 Å². The van der Waals surface area contributed by atoms with Gasteiger partial charge in [-0.3, -0.25) is 4.79 Å². The Balaban J connectivity index is 1.41. The maximum absolute atomic E-state index is 12.4. The molecule has 0 amide bonds. The summed E-state index contributed by atoms with van der Waals surface area (Å²) in [4.78, 5) is 12.4. The summed E-state index contributed by atoms with van der Waals surface area (Å²) in [7, 11) is 3.10. The van der Waals surface area contributed by atoms with Crippen LogP contribution in [0.2, 0.25) is 0 Å². The highest BCUT2D eigenvalue weighted by Gasteiger charge is 2.18. The maximum Gasteiger partial charge on any atom is 0.285 e. The van der Waals surface area contributed by atoms with E-state index in [1.807, 2.05) is 30.3 Å². The highest BCUT2D eigenvalue weighted by Crippen LogP contribution is 2.32. The van der Waals surface area contributed by atoms with Crippen LogP contribution in [0.4, 0.5) is 0 Å². The van der Waals surface area contributed by atoms with Crippen molar-refractivity contribution in [2.45, 2.75) is 5.22 Å². The average molecular weight is 424 g/mol. The van der Waals surface area contributed by atoms with Crippen LogP contribution in [0.1, 0.15) is 10.7 Å². The molecule has 0 saturated heterocycles. The molecule has 2 heterocycles. The molecule has 0 saturated carbocycles. The fourth-order valence-electron chi connectivity index (χ4n) is 2.58. The van der Waals surface area contributed by atoms with E-state index in [2.05, 4.69) is 20.4 Å². The third-order valence-corrected chi connectivity index (χ3v) is 4.87. The number of Topliss-reactive ketones (excluding diaryl/α,β-unsaturated/α-hetero) is 1. The molecule has 30 heavy (non-hydrogen) atoms. The first-order valence-electron chi connectivity index (χ1n) is 8.78. The zero-order valence-electron chi connectivity index (χ0n) is 16.1. The Morgan fingerprint density at radius 1 is 0.867 bits per heavy atom. The molecule has 0 atom stereocenters. The minimum atomic E-state index is -0.333. The van der Waals surface area contributed by atoms with Crippen molar-refractivity contribution in [3.8, 4) is 34.4 Å². The second-order valence-electron chi connectivity index (χ2n) is 5.93. The average Bonchev–Trinajstić information content (AvgIpc) is 3.48. The second kappa shape index (κ2) is 8.78. The SMILES string of the molecule is COc1ccc(-c2nnc(SCC(=O)c3nnc(-c4ccccc4)o3)o2)cc1OC. The van der Waals surface area contributed by atoms with Crippen LogP contribution in [0.15, 0.2) is 62.6 Å². The zero-order valence-corrected chi connectivity index (χ0v) is 16.9. The molecule has 0 aliphatic heterocycles. The monoisotopic (exact) mass is 424 g/mol. The molecule has 10 heteroatoms. The third kappa shape index (κ3) is 4.18. The van der Waals surface area contributed by atoms with Crippen LogP contribution in [0.25, 0.3) is 22.9 Å². The van der Waals surface area contributed by atoms with E-state index in [4.69, 9.17) is 18.3 Å². The molecule has 0 N–H and O–H groups in total. The Morgan fingerprint density at radius 2 is 1.60 bits per heavy atom. The molecule has 0 radical (unpaired) electrons. The van der Waals surface area contributed by atoms with E-state index < -0.39 is 0 Å². The Kier molecular flexibility index (Phi) is 5.75. The lowest BCUT2D eigenvalue weighted by Crippen LogP contribution is -2.02. The van der Waals surface area contributed by atoms with Crippen molar-refractivity contribution < 1.29 is 23.1 Å². The molecule has 2 aromatic carbocycles. The maximum atomic E-state index is 12.4. The summed E-state index contributed by atoms with van der Waals surface area (Å²) in [5.74, 6) is 1.34. The van der Waals surface area contributed by atoms with Crippen LogP contribution in [-0.4, -0.2) is 46.2 Å². The quantitative estimate of drug-likeness (QED) is 0.306. The first-order valence-corrected chi connectivity index (χ1v) is 9.77. The molecular weight excluding hydrogens is 408 g/mol. The predicted molar refractivity (Wildman–Crippen MR) is 108 cm³/mol. The van der Waals surface area contributed by atoms with Gasteiger partial charge in [-0.15, -0.1) is 20.4 Å². The van der Waals surface area contributed by atoms with Gasteiger partial charge in [-0.1, -0.05) is 30.0 Å². The van der Waals surface area contributed by atoms with Crippen molar-refractivity contribution in [1.82, 2.24) is 20.4 Å². The normalized spacial score (nSPS) is 10.7. The van der Waals surface area contributed by atoms with E-state index in [-0.39, 0.29) is 28.5 Å². The van der Waals surface area contributed by atoms with Crippen LogP contribution < -0.4 is 9.47 Å². The summed E-state index contributed by atoms with van der Waals surface area (Å²) in [5, 5.41) is 16.0. The molecule has 0 spiro atoms. The van der Waals surface area contributed by atoms with E-state index in [0.29, 0.717) is 23.0 Å². The minimum absolute atomic E-state index is 0.0178. The van der Waals surface area contributed by atoms with Gasteiger partial charge in [0, 0.05) is 11.1 Å². The van der Waals surface area contributed by atoms with Crippen molar-refractivity contribution in [2.24, 2.45) is 0 Å². The molecule has 4 rings (SSSR count). The van der Waals surface area contributed by atoms with E-state index >= 15 is 0 Å². The third-order valence-electron chi connectivity index (χ3n) is 4.05. The predicted octanol–water partition coefficient (Wildman–Crippen LogP) is 3.78. The first kappa shape index (κ1) is 19.6. The van der Waals surface area contributed by atoms with Gasteiger partial charge in [0.1, 0.15) is 0 Å². The molecule has 9 nitrogen and oxygen atoms in total. The van der Waals surface area contributed by atoms with Gasteiger partial charge in [-0.2, -0.15) is 0 Å². The van der Waals surface area contributed by atoms with Crippen molar-refractivity contribution in [3.63, 3.8) is 0 Å². The number of benzene rings is 2. The van der Waals surface area contributed by atoms with E-state index in [1.165, 1.54) is 0 Å². The zero-order chi connectivity index (χ0) is 20.9. The molecule has 0 aliphatic rings. The van der Waals surface area contributed by atoms with Crippen LogP contribution in [0.3, 0.4) is 0 Å². The van der Waals surface area contributed by atoms with Crippen molar-refractivity contribution in [2.75, 3.05) is 20.0 Å². The van der Waals surface area contributed by atoms with Gasteiger partial charge in [-0.25, -0.2) is 0 Å². The first-order chi connectivity index (χ1) is 14.7. The van der Waals surface area contributed by atoms with Gasteiger partial charge in [0.25, 0.3) is 11.1 Å². The smallest absolute Gasteiger partial charge is 0.285 e. The van der Waals surface area contributed by atoms with Gasteiger partial charge in [0.2, 0.25) is 17.6 Å². The number of ether oxygens (including phenoxy) is 2. The molecule has 4 aromatic rings. The number of rotatable bonds is 8. The lowest BCUT2D eigenvalue weighted by Gasteiger charge is -2.07. The fraction of sp³-hybridized carbons (Fsp3) is 0.150. The van der Waals surface area contributed by atoms with Gasteiger partial charge in [0.15, 0.2) is 11.5 Å². The van der Waals surface area contributed by atoms with Crippen molar-refractivity contribution in [3.05, 3.63) is 54.4 Å². The molecule has 152 valence electrons. The second-order valence-corrected chi connectivity index (χ2v) is 6.86. The Bertz CT molecular complexity index is 1160. The van der Waals surface area contributed by atoms with E-state index in [9.17, 15) is 4.79 Å². The Morgan fingerprint density at radius 3 is 2.37 bits per heavy atom. The van der Waals surface area contributed by atoms with Crippen LogP contribution in [0, 0.1) is 0 Å². The summed E-state index contributed by atoms with van der Waals surface area (Å²) in [5.41, 5.74) is 1.41. The van der Waals surface area contributed by atoms with Crippen molar-refractivity contribution in [1.29, 1.82) is 0 Å². The number of thioether (sulfide) groups is 1. The highest BCUT2D eigenvalue weighted by molar-refractivity contribution is 7.99. The van der Waals surface area contributed by atoms with E-state index in [1.54, 1.807) is 32.4 Å². The largest absolute Gasteiger partial charge is 0.493 e. The summed E-state index contributed by atoms with van der Waals surface area (Å²) in [6.45, 7) is 0.